The second-order valence-corrected chi connectivity index (χ2v) is 11.4. The van der Waals surface area contributed by atoms with Gasteiger partial charge in [-0.1, -0.05) is 6.07 Å². The number of alkyl halides is 5. The van der Waals surface area contributed by atoms with Crippen molar-refractivity contribution in [2.45, 2.75) is 82.3 Å². The molecule has 1 aliphatic carbocycles. The highest BCUT2D eigenvalue weighted by molar-refractivity contribution is 5.79. The van der Waals surface area contributed by atoms with Crippen LogP contribution in [0.15, 0.2) is 16.5 Å². The van der Waals surface area contributed by atoms with Crippen LogP contribution in [-0.4, -0.2) is 66.0 Å². The second kappa shape index (κ2) is 11.2. The highest BCUT2D eigenvalue weighted by atomic mass is 19.4. The van der Waals surface area contributed by atoms with Crippen molar-refractivity contribution in [2.24, 2.45) is 5.92 Å². The molecule has 3 atom stereocenters. The number of alkyl carbamates (subject to hydrolysis) is 1. The molecular formula is C26H32F6N4O5. The van der Waals surface area contributed by atoms with E-state index in [0.29, 0.717) is 0 Å². The monoisotopic (exact) mass is 594 g/mol. The van der Waals surface area contributed by atoms with Gasteiger partial charge in [-0.3, -0.25) is 0 Å². The molecule has 41 heavy (non-hydrogen) atoms. The van der Waals surface area contributed by atoms with E-state index in [1.807, 2.05) is 5.32 Å². The van der Waals surface area contributed by atoms with E-state index in [4.69, 9.17) is 13.9 Å². The molecule has 1 aromatic heterocycles. The molecule has 2 fully saturated rings. The fourth-order valence-corrected chi connectivity index (χ4v) is 5.11. The lowest BCUT2D eigenvalue weighted by Crippen LogP contribution is -2.40. The first-order chi connectivity index (χ1) is 19.0. The van der Waals surface area contributed by atoms with Crippen molar-refractivity contribution in [3.05, 3.63) is 29.4 Å². The van der Waals surface area contributed by atoms with Gasteiger partial charge in [0.2, 0.25) is 11.8 Å². The van der Waals surface area contributed by atoms with Crippen LogP contribution in [0.25, 0.3) is 11.1 Å². The van der Waals surface area contributed by atoms with Crippen molar-refractivity contribution >= 4 is 23.2 Å². The SMILES string of the molecule is COCC(c1ccc2oc(C(NC(=O)OC(C)(C)C)C3CCC(F)(F)CC3)nc2c1F)N1C[C@@H](C(F)(F)F)NC1=O. The average molecular weight is 595 g/mol. The van der Waals surface area contributed by atoms with Crippen molar-refractivity contribution in [3.8, 4) is 0 Å². The lowest BCUT2D eigenvalue weighted by molar-refractivity contribution is -0.150. The predicted molar refractivity (Wildman–Crippen MR) is 133 cm³/mol. The number of aromatic nitrogens is 1. The number of oxazole rings is 1. The van der Waals surface area contributed by atoms with Crippen LogP contribution in [-0.2, 0) is 9.47 Å². The number of benzene rings is 1. The minimum absolute atomic E-state index is 0.0281. The first-order valence-electron chi connectivity index (χ1n) is 13.1. The molecule has 2 aliphatic rings. The van der Waals surface area contributed by atoms with Crippen molar-refractivity contribution in [1.29, 1.82) is 0 Å². The van der Waals surface area contributed by atoms with E-state index in [-0.39, 0.29) is 42.0 Å². The zero-order valence-electron chi connectivity index (χ0n) is 22.9. The lowest BCUT2D eigenvalue weighted by Gasteiger charge is -2.33. The predicted octanol–water partition coefficient (Wildman–Crippen LogP) is 6.00. The van der Waals surface area contributed by atoms with Crippen molar-refractivity contribution < 1.29 is 49.8 Å². The number of hydrogen-bond acceptors (Lipinski definition) is 6. The maximum atomic E-state index is 15.9. The van der Waals surface area contributed by atoms with Gasteiger partial charge in [-0.15, -0.1) is 0 Å². The van der Waals surface area contributed by atoms with Gasteiger partial charge >= 0.3 is 18.3 Å². The van der Waals surface area contributed by atoms with Crippen LogP contribution in [0.5, 0.6) is 0 Å². The molecule has 228 valence electrons. The lowest BCUT2D eigenvalue weighted by atomic mass is 9.82. The van der Waals surface area contributed by atoms with Gasteiger partial charge in [0.05, 0.1) is 19.2 Å². The maximum Gasteiger partial charge on any atom is 0.410 e. The maximum absolute atomic E-state index is 15.9. The molecule has 2 unspecified atom stereocenters. The van der Waals surface area contributed by atoms with Crippen LogP contribution in [0.3, 0.4) is 0 Å². The number of carbonyl (C=O) groups excluding carboxylic acids is 2. The van der Waals surface area contributed by atoms with Gasteiger partial charge in [0.15, 0.2) is 11.4 Å². The Kier molecular flexibility index (Phi) is 8.40. The fraction of sp³-hybridized carbons (Fsp3) is 0.654. The quantitative estimate of drug-likeness (QED) is 0.381. The van der Waals surface area contributed by atoms with E-state index in [0.717, 1.165) is 4.90 Å². The summed E-state index contributed by atoms with van der Waals surface area (Å²) in [5.74, 6) is -4.48. The molecule has 2 aromatic rings. The minimum atomic E-state index is -4.70. The van der Waals surface area contributed by atoms with Gasteiger partial charge in [-0.2, -0.15) is 13.2 Å². The molecule has 1 saturated heterocycles. The fourth-order valence-electron chi connectivity index (χ4n) is 5.11. The first kappa shape index (κ1) is 30.7. The van der Waals surface area contributed by atoms with Crippen LogP contribution < -0.4 is 10.6 Å². The Morgan fingerprint density at radius 1 is 1.24 bits per heavy atom. The third kappa shape index (κ3) is 6.99. The summed E-state index contributed by atoms with van der Waals surface area (Å²) in [5, 5.41) is 4.47. The molecule has 1 saturated carbocycles. The van der Waals surface area contributed by atoms with E-state index < -0.39 is 79.1 Å². The van der Waals surface area contributed by atoms with Crippen molar-refractivity contribution in [3.63, 3.8) is 0 Å². The van der Waals surface area contributed by atoms with Crippen molar-refractivity contribution in [1.82, 2.24) is 20.5 Å². The van der Waals surface area contributed by atoms with E-state index in [1.54, 1.807) is 20.8 Å². The number of ether oxygens (including phenoxy) is 2. The van der Waals surface area contributed by atoms with Crippen LogP contribution >= 0.6 is 0 Å². The molecule has 1 aromatic carbocycles. The summed E-state index contributed by atoms with van der Waals surface area (Å²) in [6, 6.07) is -2.84. The van der Waals surface area contributed by atoms with Gasteiger partial charge in [0.25, 0.3) is 0 Å². The zero-order valence-corrected chi connectivity index (χ0v) is 22.9. The molecule has 15 heteroatoms. The number of halogens is 6. The van der Waals surface area contributed by atoms with E-state index in [2.05, 4.69) is 10.3 Å². The van der Waals surface area contributed by atoms with E-state index in [1.165, 1.54) is 19.2 Å². The number of nitrogens with one attached hydrogen (secondary N) is 2. The van der Waals surface area contributed by atoms with Crippen LogP contribution in [0, 0.1) is 11.7 Å². The van der Waals surface area contributed by atoms with Gasteiger partial charge in [-0.25, -0.2) is 27.7 Å². The molecule has 0 bridgehead atoms. The standard InChI is InChI=1S/C26H32F6N4O5/c1-24(2,3)41-23(38)35-19(13-7-9-25(28,29)10-8-13)21-34-20-16(40-21)6-5-14(18(20)27)15(12-39-4)36-11-17(26(30,31)32)33-22(36)37/h5-6,13,15,17,19H,7-12H2,1-4H3,(H,33,37)(H,35,38)/t15?,17-,19?/m0/s1. The summed E-state index contributed by atoms with van der Waals surface area (Å²) in [6.07, 6.45) is -6.33. The topological polar surface area (TPSA) is 106 Å². The molecule has 0 radical (unpaired) electrons. The van der Waals surface area contributed by atoms with Gasteiger partial charge in [0, 0.05) is 25.5 Å². The van der Waals surface area contributed by atoms with E-state index in [9.17, 15) is 31.5 Å². The summed E-state index contributed by atoms with van der Waals surface area (Å²) in [6.45, 7) is 3.86. The van der Waals surface area contributed by atoms with Crippen molar-refractivity contribution in [2.75, 3.05) is 20.3 Å². The summed E-state index contributed by atoms with van der Waals surface area (Å²) in [7, 11) is 1.26. The molecule has 9 nitrogen and oxygen atoms in total. The van der Waals surface area contributed by atoms with Gasteiger partial charge in [0.1, 0.15) is 23.2 Å². The van der Waals surface area contributed by atoms with E-state index >= 15 is 4.39 Å². The third-order valence-corrected chi connectivity index (χ3v) is 7.11. The Balaban J connectivity index is 1.68. The summed E-state index contributed by atoms with van der Waals surface area (Å²) < 4.78 is 99.6. The molecule has 4 rings (SSSR count). The Hall–Kier alpha value is -3.23. The van der Waals surface area contributed by atoms with Crippen LogP contribution in [0.2, 0.25) is 0 Å². The number of amides is 3. The normalized spacial score (nSPS) is 21.6. The number of methoxy groups -OCH3 is 1. The third-order valence-electron chi connectivity index (χ3n) is 7.11. The first-order valence-corrected chi connectivity index (χ1v) is 13.1. The number of nitrogens with zero attached hydrogens (tertiary/aromatic N) is 2. The number of fused-ring (bicyclic) bond motifs is 1. The minimum Gasteiger partial charge on any atom is -0.444 e. The summed E-state index contributed by atoms with van der Waals surface area (Å²) >= 11 is 0. The Bertz CT molecular complexity index is 1270. The number of hydrogen-bond donors (Lipinski definition) is 2. The molecular weight excluding hydrogens is 562 g/mol. The molecule has 1 aliphatic heterocycles. The summed E-state index contributed by atoms with van der Waals surface area (Å²) in [5.41, 5.74) is -1.37. The summed E-state index contributed by atoms with van der Waals surface area (Å²) in [4.78, 5) is 30.1. The smallest absolute Gasteiger partial charge is 0.410 e. The number of urea groups is 1. The van der Waals surface area contributed by atoms with Crippen LogP contribution in [0.1, 0.15) is 70.0 Å². The second-order valence-electron chi connectivity index (χ2n) is 11.4. The number of rotatable bonds is 7. The molecule has 2 N–H and O–H groups in total. The zero-order chi connectivity index (χ0) is 30.3. The highest BCUT2D eigenvalue weighted by Gasteiger charge is 2.49. The van der Waals surface area contributed by atoms with Gasteiger partial charge < -0.3 is 29.4 Å². The molecule has 2 heterocycles. The molecule has 0 spiro atoms. The highest BCUT2D eigenvalue weighted by Crippen LogP contribution is 2.42. The number of carbonyl (C=O) groups is 2. The largest absolute Gasteiger partial charge is 0.444 e. The Morgan fingerprint density at radius 3 is 2.46 bits per heavy atom. The average Bonchev–Trinajstić information content (AvgIpc) is 3.45. The van der Waals surface area contributed by atoms with Gasteiger partial charge in [-0.05, 0) is 45.6 Å². The Labute approximate surface area is 231 Å². The van der Waals surface area contributed by atoms with Crippen LogP contribution in [0.4, 0.5) is 35.9 Å². The Morgan fingerprint density at radius 2 is 1.90 bits per heavy atom. The molecule has 3 amide bonds.